The monoisotopic (exact) mass is 566 g/mol. The molecule has 21 heteroatoms. The second-order valence-electron chi connectivity index (χ2n) is 7.23. The molecule has 0 aromatic rings. The Labute approximate surface area is 181 Å². The molecule has 0 saturated carbocycles. The average molecular weight is 566 g/mol. The summed E-state index contributed by atoms with van der Waals surface area (Å²) in [5.74, 6) is -57.1. The van der Waals surface area contributed by atoms with Gasteiger partial charge in [-0.05, 0) is 6.42 Å². The molecule has 1 heterocycles. The number of ether oxygens (including phenoxy) is 1. The Bertz CT molecular complexity index is 764. The van der Waals surface area contributed by atoms with Crippen LogP contribution in [0.5, 0.6) is 0 Å². The van der Waals surface area contributed by atoms with Gasteiger partial charge in [-0.25, -0.2) is 0 Å². The van der Waals surface area contributed by atoms with Gasteiger partial charge in [0.15, 0.2) is 6.29 Å². The highest BCUT2D eigenvalue weighted by Gasteiger charge is 2.95. The van der Waals surface area contributed by atoms with Crippen LogP contribution < -0.4 is 0 Å². The van der Waals surface area contributed by atoms with E-state index in [4.69, 9.17) is 10.2 Å². The number of aliphatic hydroxyl groups excluding tert-OH is 3. The predicted octanol–water partition coefficient (Wildman–Crippen LogP) is 4.22. The lowest BCUT2D eigenvalue weighted by Gasteiger charge is -2.43. The summed E-state index contributed by atoms with van der Waals surface area (Å²) in [4.78, 5) is 0. The zero-order valence-corrected chi connectivity index (χ0v) is 15.9. The first kappa shape index (κ1) is 31.7. The van der Waals surface area contributed by atoms with E-state index < -0.39 is 85.1 Å². The van der Waals surface area contributed by atoms with Crippen LogP contribution in [0.1, 0.15) is 12.8 Å². The number of aliphatic hydroxyl groups is 3. The molecule has 0 unspecified atom stereocenters. The molecule has 0 spiro atoms. The van der Waals surface area contributed by atoms with Crippen LogP contribution in [0, 0.1) is 0 Å². The summed E-state index contributed by atoms with van der Waals surface area (Å²) < 4.78 is 227. The Hall–Kier alpha value is -1.35. The van der Waals surface area contributed by atoms with E-state index in [0.29, 0.717) is 0 Å². The molecular weight excluding hydrogens is 555 g/mol. The van der Waals surface area contributed by atoms with Gasteiger partial charge in [0.2, 0.25) is 0 Å². The van der Waals surface area contributed by atoms with Gasteiger partial charge in [0.1, 0.15) is 12.2 Å². The van der Waals surface area contributed by atoms with Gasteiger partial charge in [0.25, 0.3) is 0 Å². The van der Waals surface area contributed by atoms with Gasteiger partial charge in [-0.1, -0.05) is 0 Å². The Balaban J connectivity index is 3.39. The highest BCUT2D eigenvalue weighted by Crippen LogP contribution is 2.64. The van der Waals surface area contributed by atoms with E-state index in [9.17, 15) is 79.7 Å². The first-order valence-corrected chi connectivity index (χ1v) is 8.47. The number of hydrogen-bond donors (Lipinski definition) is 3. The summed E-state index contributed by atoms with van der Waals surface area (Å²) in [6.07, 6.45) is -21.8. The van der Waals surface area contributed by atoms with Gasteiger partial charge >= 0.3 is 47.6 Å². The minimum absolute atomic E-state index is 1.82. The summed E-state index contributed by atoms with van der Waals surface area (Å²) in [6.45, 7) is 0. The zero-order valence-electron chi connectivity index (χ0n) is 15.9. The van der Waals surface area contributed by atoms with Crippen molar-refractivity contribution in [1.29, 1.82) is 0 Å². The van der Waals surface area contributed by atoms with Crippen molar-refractivity contribution in [3.63, 3.8) is 0 Å². The smallest absolute Gasteiger partial charge is 0.387 e. The SMILES string of the molecule is O[C@@H]1[C@@H](O)[C@@H](CCC(F)(F)C(F)(F)C(F)(F)C(F)(F)C(F)(F)C(F)(F)C(F)(F)C(F)(F)F)O[C@H]1O. The van der Waals surface area contributed by atoms with E-state index in [0.717, 1.165) is 0 Å². The third-order valence-electron chi connectivity index (χ3n) is 4.87. The summed E-state index contributed by atoms with van der Waals surface area (Å²) >= 11 is 0. The summed E-state index contributed by atoms with van der Waals surface area (Å²) in [6, 6.07) is 0. The van der Waals surface area contributed by atoms with Crippen molar-refractivity contribution < 1.29 is 94.7 Å². The molecule has 0 radical (unpaired) electrons. The van der Waals surface area contributed by atoms with Crippen LogP contribution in [0.25, 0.3) is 0 Å². The number of halogens is 17. The molecule has 1 rings (SSSR count). The minimum Gasteiger partial charge on any atom is -0.387 e. The molecule has 1 fully saturated rings. The normalized spacial score (nSPS) is 26.4. The van der Waals surface area contributed by atoms with Crippen LogP contribution in [0.15, 0.2) is 0 Å². The van der Waals surface area contributed by atoms with E-state index in [-0.39, 0.29) is 0 Å². The van der Waals surface area contributed by atoms with Crippen molar-refractivity contribution in [3.8, 4) is 0 Å². The van der Waals surface area contributed by atoms with Crippen molar-refractivity contribution in [1.82, 2.24) is 0 Å². The van der Waals surface area contributed by atoms with Crippen LogP contribution >= 0.6 is 0 Å². The molecule has 1 saturated heterocycles. The van der Waals surface area contributed by atoms with Crippen LogP contribution in [0.3, 0.4) is 0 Å². The van der Waals surface area contributed by atoms with E-state index in [2.05, 4.69) is 4.74 Å². The lowest BCUT2D eigenvalue weighted by atomic mass is 9.87. The fourth-order valence-corrected chi connectivity index (χ4v) is 2.64. The molecule has 4 nitrogen and oxygen atoms in total. The predicted molar refractivity (Wildman–Crippen MR) is 72.8 cm³/mol. The highest BCUT2D eigenvalue weighted by molar-refractivity contribution is 5.15. The van der Waals surface area contributed by atoms with Crippen molar-refractivity contribution in [3.05, 3.63) is 0 Å². The van der Waals surface area contributed by atoms with Gasteiger partial charge in [0, 0.05) is 6.42 Å². The highest BCUT2D eigenvalue weighted by atomic mass is 19.4. The van der Waals surface area contributed by atoms with Gasteiger partial charge in [-0.2, -0.15) is 74.6 Å². The fourth-order valence-electron chi connectivity index (χ4n) is 2.64. The maximum atomic E-state index is 13.7. The van der Waals surface area contributed by atoms with Gasteiger partial charge < -0.3 is 20.1 Å². The van der Waals surface area contributed by atoms with Gasteiger partial charge in [-0.3, -0.25) is 0 Å². The van der Waals surface area contributed by atoms with Crippen molar-refractivity contribution >= 4 is 0 Å². The second kappa shape index (κ2) is 8.61. The summed E-state index contributed by atoms with van der Waals surface area (Å²) in [5, 5.41) is 27.3. The van der Waals surface area contributed by atoms with Crippen LogP contribution in [-0.2, 0) is 4.74 Å². The molecule has 0 aliphatic carbocycles. The first-order valence-electron chi connectivity index (χ1n) is 8.47. The van der Waals surface area contributed by atoms with Crippen LogP contribution in [0.4, 0.5) is 74.6 Å². The molecule has 3 N–H and O–H groups in total. The molecule has 0 amide bonds. The molecule has 0 aromatic carbocycles. The van der Waals surface area contributed by atoms with E-state index in [1.165, 1.54) is 0 Å². The Kier molecular flexibility index (Phi) is 7.79. The molecular formula is C14H11F17O4. The van der Waals surface area contributed by atoms with Crippen molar-refractivity contribution in [2.75, 3.05) is 0 Å². The summed E-state index contributed by atoms with van der Waals surface area (Å²) in [7, 11) is 0. The molecule has 4 atom stereocenters. The van der Waals surface area contributed by atoms with Crippen molar-refractivity contribution in [2.45, 2.75) is 85.1 Å². The molecule has 1 aliphatic rings. The van der Waals surface area contributed by atoms with Crippen LogP contribution in [0.2, 0.25) is 0 Å². The quantitative estimate of drug-likeness (QED) is 0.366. The number of hydrogen-bond acceptors (Lipinski definition) is 4. The molecule has 35 heavy (non-hydrogen) atoms. The Morgan fingerprint density at radius 2 is 0.829 bits per heavy atom. The van der Waals surface area contributed by atoms with E-state index in [1.807, 2.05) is 0 Å². The van der Waals surface area contributed by atoms with Gasteiger partial charge in [0.05, 0.1) is 6.10 Å². The third-order valence-corrected chi connectivity index (χ3v) is 4.87. The largest absolute Gasteiger partial charge is 0.460 e. The maximum absolute atomic E-state index is 13.7. The average Bonchev–Trinajstić information content (AvgIpc) is 2.91. The van der Waals surface area contributed by atoms with E-state index >= 15 is 0 Å². The summed E-state index contributed by atoms with van der Waals surface area (Å²) in [5.41, 5.74) is 0. The Morgan fingerprint density at radius 3 is 1.14 bits per heavy atom. The molecule has 0 aromatic heterocycles. The molecule has 210 valence electrons. The minimum atomic E-state index is -8.71. The number of rotatable bonds is 9. The topological polar surface area (TPSA) is 69.9 Å². The molecule has 0 bridgehead atoms. The fraction of sp³-hybridized carbons (Fsp3) is 1.00. The Morgan fingerprint density at radius 1 is 0.486 bits per heavy atom. The zero-order chi connectivity index (χ0) is 28.4. The third kappa shape index (κ3) is 4.38. The maximum Gasteiger partial charge on any atom is 0.460 e. The van der Waals surface area contributed by atoms with Crippen LogP contribution in [-0.4, -0.2) is 87.6 Å². The molecule has 1 aliphatic heterocycles. The van der Waals surface area contributed by atoms with Gasteiger partial charge in [-0.15, -0.1) is 0 Å². The first-order chi connectivity index (χ1) is 15.1. The second-order valence-corrected chi connectivity index (χ2v) is 7.23. The lowest BCUT2D eigenvalue weighted by Crippen LogP contribution is -2.74. The lowest BCUT2D eigenvalue weighted by molar-refractivity contribution is -0.461. The van der Waals surface area contributed by atoms with E-state index in [1.54, 1.807) is 0 Å². The van der Waals surface area contributed by atoms with Crippen molar-refractivity contribution in [2.24, 2.45) is 0 Å². The standard InChI is InChI=1S/C14H11F17O4/c15-7(16,2-1-3-4(32)5(33)6(34)35-3)8(17,18)9(19,20)10(21,22)11(23,24)12(25,26)13(27,28)14(29,30)31/h3-6,32-34H,1-2H2/t3-,4+,5-,6-/m1/s1. The number of alkyl halides is 17.